The lowest BCUT2D eigenvalue weighted by atomic mass is 10.4. The van der Waals surface area contributed by atoms with E-state index in [1.165, 1.54) is 9.88 Å². The van der Waals surface area contributed by atoms with Crippen molar-refractivity contribution < 1.29 is 4.74 Å². The van der Waals surface area contributed by atoms with E-state index in [1.807, 2.05) is 0 Å². The minimum absolute atomic E-state index is 0.822. The average molecular weight is 214 g/mol. The highest BCUT2D eigenvalue weighted by Gasteiger charge is 2.01. The molecule has 80 valence electrons. The predicted molar refractivity (Wildman–Crippen MR) is 59.8 cm³/mol. The Bertz CT molecular complexity index is 254. The predicted octanol–water partition coefficient (Wildman–Crippen LogP) is 1.89. The molecule has 1 aromatic rings. The van der Waals surface area contributed by atoms with Crippen molar-refractivity contribution in [2.45, 2.75) is 26.8 Å². The van der Waals surface area contributed by atoms with Crippen molar-refractivity contribution in [2.75, 3.05) is 20.3 Å². The number of methoxy groups -OCH3 is 1. The minimum atomic E-state index is 0.822. The summed E-state index contributed by atoms with van der Waals surface area (Å²) < 4.78 is 4.96. The van der Waals surface area contributed by atoms with Crippen molar-refractivity contribution in [2.24, 2.45) is 0 Å². The summed E-state index contributed by atoms with van der Waals surface area (Å²) in [6.07, 6.45) is 1.06. The van der Waals surface area contributed by atoms with E-state index in [4.69, 9.17) is 4.74 Å². The van der Waals surface area contributed by atoms with Crippen molar-refractivity contribution in [1.82, 2.24) is 10.3 Å². The Morgan fingerprint density at radius 3 is 2.79 bits per heavy atom. The molecule has 3 nitrogen and oxygen atoms in total. The lowest BCUT2D eigenvalue weighted by Crippen LogP contribution is -2.15. The fourth-order valence-electron chi connectivity index (χ4n) is 1.15. The molecule has 1 heterocycles. The molecule has 0 aromatic carbocycles. The summed E-state index contributed by atoms with van der Waals surface area (Å²) in [5, 5.41) is 4.52. The lowest BCUT2D eigenvalue weighted by molar-refractivity contribution is 0.194. The molecule has 1 aromatic heterocycles. The quantitative estimate of drug-likeness (QED) is 0.734. The standard InChI is InChI=1S/C10H18N2OS/c1-8-9(2)14-10(12-8)7-11-5-4-6-13-3/h11H,4-7H2,1-3H3. The molecule has 0 aliphatic heterocycles. The van der Waals surface area contributed by atoms with E-state index in [1.54, 1.807) is 18.4 Å². The highest BCUT2D eigenvalue weighted by atomic mass is 32.1. The van der Waals surface area contributed by atoms with Gasteiger partial charge in [-0.3, -0.25) is 0 Å². The van der Waals surface area contributed by atoms with Crippen LogP contribution >= 0.6 is 11.3 Å². The fourth-order valence-corrected chi connectivity index (χ4v) is 2.06. The molecule has 4 heteroatoms. The van der Waals surface area contributed by atoms with Gasteiger partial charge in [-0.15, -0.1) is 11.3 Å². The van der Waals surface area contributed by atoms with E-state index < -0.39 is 0 Å². The molecule has 1 N–H and O–H groups in total. The van der Waals surface area contributed by atoms with Gasteiger partial charge in [-0.25, -0.2) is 4.98 Å². The number of hydrogen-bond donors (Lipinski definition) is 1. The van der Waals surface area contributed by atoms with Gasteiger partial charge < -0.3 is 10.1 Å². The number of ether oxygens (including phenoxy) is 1. The second-order valence-corrected chi connectivity index (χ2v) is 4.56. The van der Waals surface area contributed by atoms with Crippen LogP contribution in [0.1, 0.15) is 22.0 Å². The second kappa shape index (κ2) is 6.11. The van der Waals surface area contributed by atoms with Crippen LogP contribution in [-0.4, -0.2) is 25.2 Å². The van der Waals surface area contributed by atoms with E-state index in [-0.39, 0.29) is 0 Å². The zero-order chi connectivity index (χ0) is 10.4. The Morgan fingerprint density at radius 1 is 1.43 bits per heavy atom. The summed E-state index contributed by atoms with van der Waals surface area (Å²) in [6.45, 7) is 6.86. The Labute approximate surface area is 89.5 Å². The maximum atomic E-state index is 4.96. The van der Waals surface area contributed by atoms with E-state index in [9.17, 15) is 0 Å². The van der Waals surface area contributed by atoms with Crippen LogP contribution in [0.15, 0.2) is 0 Å². The monoisotopic (exact) mass is 214 g/mol. The zero-order valence-corrected chi connectivity index (χ0v) is 9.91. The molecule has 1 rings (SSSR count). The Morgan fingerprint density at radius 2 is 2.21 bits per heavy atom. The van der Waals surface area contributed by atoms with Crippen LogP contribution in [0, 0.1) is 13.8 Å². The molecule has 0 saturated heterocycles. The van der Waals surface area contributed by atoms with Gasteiger partial charge in [0.05, 0.1) is 5.69 Å². The Hall–Kier alpha value is -0.450. The SMILES string of the molecule is COCCCNCc1nc(C)c(C)s1. The van der Waals surface area contributed by atoms with Gasteiger partial charge in [0.2, 0.25) is 0 Å². The maximum absolute atomic E-state index is 4.96. The largest absolute Gasteiger partial charge is 0.385 e. The number of rotatable bonds is 6. The Balaban J connectivity index is 2.18. The number of aryl methyl sites for hydroxylation is 2. The summed E-state index contributed by atoms with van der Waals surface area (Å²) in [7, 11) is 1.73. The van der Waals surface area contributed by atoms with Gasteiger partial charge in [0.15, 0.2) is 0 Å². The van der Waals surface area contributed by atoms with Crippen molar-refractivity contribution >= 4 is 11.3 Å². The third-order valence-electron chi connectivity index (χ3n) is 2.05. The molecule has 0 saturated carbocycles. The van der Waals surface area contributed by atoms with E-state index >= 15 is 0 Å². The molecule has 0 radical (unpaired) electrons. The first kappa shape index (κ1) is 11.6. The highest BCUT2D eigenvalue weighted by molar-refractivity contribution is 7.11. The topological polar surface area (TPSA) is 34.1 Å². The number of nitrogens with one attached hydrogen (secondary N) is 1. The van der Waals surface area contributed by atoms with Crippen molar-refractivity contribution in [3.8, 4) is 0 Å². The molecule has 0 amide bonds. The van der Waals surface area contributed by atoms with E-state index in [0.29, 0.717) is 0 Å². The summed E-state index contributed by atoms with van der Waals surface area (Å²) >= 11 is 1.77. The van der Waals surface area contributed by atoms with Gasteiger partial charge in [-0.1, -0.05) is 0 Å². The average Bonchev–Trinajstić information content (AvgIpc) is 2.46. The van der Waals surface area contributed by atoms with Gasteiger partial charge in [-0.2, -0.15) is 0 Å². The van der Waals surface area contributed by atoms with Crippen LogP contribution in [0.4, 0.5) is 0 Å². The molecule has 0 aliphatic carbocycles. The Kier molecular flexibility index (Phi) is 5.07. The minimum Gasteiger partial charge on any atom is -0.385 e. The number of hydrogen-bond acceptors (Lipinski definition) is 4. The number of aromatic nitrogens is 1. The first-order valence-electron chi connectivity index (χ1n) is 4.86. The summed E-state index contributed by atoms with van der Waals surface area (Å²) in [4.78, 5) is 5.77. The lowest BCUT2D eigenvalue weighted by Gasteiger charge is -2.00. The maximum Gasteiger partial charge on any atom is 0.107 e. The normalized spacial score (nSPS) is 10.8. The zero-order valence-electron chi connectivity index (χ0n) is 9.09. The summed E-state index contributed by atoms with van der Waals surface area (Å²) in [5.74, 6) is 0. The number of nitrogens with zero attached hydrogens (tertiary/aromatic N) is 1. The van der Waals surface area contributed by atoms with Gasteiger partial charge in [0.1, 0.15) is 5.01 Å². The van der Waals surface area contributed by atoms with E-state index in [0.717, 1.165) is 31.8 Å². The smallest absolute Gasteiger partial charge is 0.107 e. The molecule has 0 atom stereocenters. The van der Waals surface area contributed by atoms with Gasteiger partial charge in [0, 0.05) is 25.1 Å². The van der Waals surface area contributed by atoms with Gasteiger partial charge in [0.25, 0.3) is 0 Å². The summed E-state index contributed by atoms with van der Waals surface area (Å²) in [5.41, 5.74) is 1.16. The fraction of sp³-hybridized carbons (Fsp3) is 0.700. The van der Waals surface area contributed by atoms with Crippen LogP contribution in [0.25, 0.3) is 0 Å². The second-order valence-electron chi connectivity index (χ2n) is 3.27. The highest BCUT2D eigenvalue weighted by Crippen LogP contribution is 2.15. The molecule has 0 unspecified atom stereocenters. The van der Waals surface area contributed by atoms with Crippen molar-refractivity contribution in [3.63, 3.8) is 0 Å². The molecule has 0 bridgehead atoms. The number of thiazole rings is 1. The molecule has 14 heavy (non-hydrogen) atoms. The van der Waals surface area contributed by atoms with Crippen molar-refractivity contribution in [1.29, 1.82) is 0 Å². The third kappa shape index (κ3) is 3.74. The van der Waals surface area contributed by atoms with Crippen LogP contribution < -0.4 is 5.32 Å². The third-order valence-corrected chi connectivity index (χ3v) is 3.12. The molecule has 0 aliphatic rings. The molecule has 0 fully saturated rings. The summed E-state index contributed by atoms with van der Waals surface area (Å²) in [6, 6.07) is 0. The molecular formula is C10H18N2OS. The molecule has 0 spiro atoms. The van der Waals surface area contributed by atoms with Gasteiger partial charge >= 0.3 is 0 Å². The first-order valence-corrected chi connectivity index (χ1v) is 5.68. The van der Waals surface area contributed by atoms with Crippen molar-refractivity contribution in [3.05, 3.63) is 15.6 Å². The van der Waals surface area contributed by atoms with E-state index in [2.05, 4.69) is 24.1 Å². The van der Waals surface area contributed by atoms with Crippen LogP contribution in [-0.2, 0) is 11.3 Å². The van der Waals surface area contributed by atoms with Crippen LogP contribution in [0.3, 0.4) is 0 Å². The van der Waals surface area contributed by atoms with Crippen LogP contribution in [0.2, 0.25) is 0 Å². The first-order chi connectivity index (χ1) is 6.74. The van der Waals surface area contributed by atoms with Crippen LogP contribution in [0.5, 0.6) is 0 Å². The van der Waals surface area contributed by atoms with Gasteiger partial charge in [-0.05, 0) is 26.8 Å². The molecular weight excluding hydrogens is 196 g/mol.